The minimum atomic E-state index is -0.916. The van der Waals surface area contributed by atoms with E-state index >= 15 is 0 Å². The number of nitrogens with zero attached hydrogens (tertiary/aromatic N) is 1. The molecule has 2 N–H and O–H groups in total. The van der Waals surface area contributed by atoms with Gasteiger partial charge in [0.25, 0.3) is 5.91 Å². The second-order valence-corrected chi connectivity index (χ2v) is 7.47. The van der Waals surface area contributed by atoms with E-state index in [1.807, 2.05) is 6.07 Å². The average molecular weight is 435 g/mol. The number of halogens is 1. The molecule has 1 aromatic heterocycles. The maximum atomic E-state index is 13.3. The molecule has 1 aliphatic heterocycles. The number of urea groups is 1. The van der Waals surface area contributed by atoms with Gasteiger partial charge in [-0.1, -0.05) is 30.3 Å². The summed E-state index contributed by atoms with van der Waals surface area (Å²) in [6, 6.07) is 16.9. The van der Waals surface area contributed by atoms with E-state index in [1.54, 1.807) is 54.8 Å². The van der Waals surface area contributed by atoms with Crippen molar-refractivity contribution in [2.45, 2.75) is 24.8 Å². The van der Waals surface area contributed by atoms with Gasteiger partial charge in [-0.05, 0) is 48.4 Å². The van der Waals surface area contributed by atoms with Crippen LogP contribution in [0, 0.1) is 5.82 Å². The Labute approximate surface area is 184 Å². The van der Waals surface area contributed by atoms with Crippen molar-refractivity contribution in [1.29, 1.82) is 0 Å². The number of nitrogens with one attached hydrogen (secondary N) is 2. The molecule has 2 heterocycles. The molecule has 1 saturated heterocycles. The fourth-order valence-corrected chi connectivity index (χ4v) is 3.76. The standard InChI is InChI=1S/C24H22FN3O4/c25-17-10-8-16(9-11-17)19(21-7-4-14-32-21)12-13-26-22(29)15-20-23(30)28(24(31)27-20)18-5-2-1-3-6-18/h1-11,14,19-20H,12-13,15H2,(H,26,29)(H,27,31)/t19?,20-/m0/s1. The molecule has 0 saturated carbocycles. The van der Waals surface area contributed by atoms with Crippen LogP contribution in [0.4, 0.5) is 14.9 Å². The van der Waals surface area contributed by atoms with Crippen molar-refractivity contribution in [1.82, 2.24) is 10.6 Å². The summed E-state index contributed by atoms with van der Waals surface area (Å²) in [6.45, 7) is 0.318. The van der Waals surface area contributed by atoms with Gasteiger partial charge >= 0.3 is 6.03 Å². The minimum Gasteiger partial charge on any atom is -0.469 e. The van der Waals surface area contributed by atoms with E-state index in [9.17, 15) is 18.8 Å². The highest BCUT2D eigenvalue weighted by atomic mass is 19.1. The Morgan fingerprint density at radius 3 is 2.50 bits per heavy atom. The number of carbonyl (C=O) groups is 3. The fraction of sp³-hybridized carbons (Fsp3) is 0.208. The van der Waals surface area contributed by atoms with Crippen LogP contribution in [0.2, 0.25) is 0 Å². The summed E-state index contributed by atoms with van der Waals surface area (Å²) in [6.07, 6.45) is 1.93. The summed E-state index contributed by atoms with van der Waals surface area (Å²) in [7, 11) is 0. The maximum Gasteiger partial charge on any atom is 0.329 e. The third-order valence-electron chi connectivity index (χ3n) is 5.34. The van der Waals surface area contributed by atoms with Crippen molar-refractivity contribution < 1.29 is 23.2 Å². The van der Waals surface area contributed by atoms with Crippen LogP contribution in [0.5, 0.6) is 0 Å². The molecular formula is C24H22FN3O4. The number of carbonyl (C=O) groups excluding carboxylic acids is 3. The van der Waals surface area contributed by atoms with Crippen LogP contribution in [0.1, 0.15) is 30.1 Å². The van der Waals surface area contributed by atoms with Gasteiger partial charge in [0.15, 0.2) is 0 Å². The van der Waals surface area contributed by atoms with Gasteiger partial charge < -0.3 is 15.1 Å². The van der Waals surface area contributed by atoms with Crippen LogP contribution >= 0.6 is 0 Å². The average Bonchev–Trinajstić information content (AvgIpc) is 3.41. The molecule has 8 heteroatoms. The summed E-state index contributed by atoms with van der Waals surface area (Å²) in [5, 5.41) is 5.36. The Bertz CT molecular complexity index is 1080. The molecule has 1 aliphatic rings. The molecule has 3 aromatic rings. The lowest BCUT2D eigenvalue weighted by atomic mass is 9.93. The van der Waals surface area contributed by atoms with E-state index in [0.717, 1.165) is 10.5 Å². The van der Waals surface area contributed by atoms with E-state index < -0.39 is 18.0 Å². The molecule has 1 unspecified atom stereocenters. The lowest BCUT2D eigenvalue weighted by Gasteiger charge is -2.16. The molecule has 0 radical (unpaired) electrons. The van der Waals surface area contributed by atoms with E-state index in [2.05, 4.69) is 10.6 Å². The number of hydrogen-bond donors (Lipinski definition) is 2. The van der Waals surface area contributed by atoms with Gasteiger partial charge in [-0.3, -0.25) is 9.59 Å². The van der Waals surface area contributed by atoms with Crippen LogP contribution in [0.15, 0.2) is 77.4 Å². The van der Waals surface area contributed by atoms with Gasteiger partial charge in [0.1, 0.15) is 17.6 Å². The van der Waals surface area contributed by atoms with Crippen LogP contribution in [-0.2, 0) is 9.59 Å². The first kappa shape index (κ1) is 21.3. The van der Waals surface area contributed by atoms with Crippen molar-refractivity contribution in [2.75, 3.05) is 11.4 Å². The van der Waals surface area contributed by atoms with Gasteiger partial charge in [0, 0.05) is 12.5 Å². The first-order valence-electron chi connectivity index (χ1n) is 10.3. The molecule has 7 nitrogen and oxygen atoms in total. The number of imide groups is 1. The van der Waals surface area contributed by atoms with Crippen molar-refractivity contribution in [3.63, 3.8) is 0 Å². The Morgan fingerprint density at radius 1 is 1.06 bits per heavy atom. The summed E-state index contributed by atoms with van der Waals surface area (Å²) >= 11 is 0. The first-order valence-corrected chi connectivity index (χ1v) is 10.3. The van der Waals surface area contributed by atoms with Crippen LogP contribution in [0.25, 0.3) is 0 Å². The van der Waals surface area contributed by atoms with Gasteiger partial charge in [-0.2, -0.15) is 0 Å². The van der Waals surface area contributed by atoms with E-state index in [4.69, 9.17) is 4.42 Å². The smallest absolute Gasteiger partial charge is 0.329 e. The van der Waals surface area contributed by atoms with E-state index in [0.29, 0.717) is 24.4 Å². The monoisotopic (exact) mass is 435 g/mol. The third kappa shape index (κ3) is 4.69. The third-order valence-corrected chi connectivity index (χ3v) is 5.34. The van der Waals surface area contributed by atoms with Crippen LogP contribution in [0.3, 0.4) is 0 Å². The zero-order chi connectivity index (χ0) is 22.5. The van der Waals surface area contributed by atoms with Crippen LogP contribution < -0.4 is 15.5 Å². The maximum absolute atomic E-state index is 13.3. The number of hydrogen-bond acceptors (Lipinski definition) is 4. The fourth-order valence-electron chi connectivity index (χ4n) is 3.76. The summed E-state index contributed by atoms with van der Waals surface area (Å²) < 4.78 is 18.8. The predicted octanol–water partition coefficient (Wildman–Crippen LogP) is 3.57. The molecule has 0 spiro atoms. The summed E-state index contributed by atoms with van der Waals surface area (Å²) in [5.74, 6) is -0.588. The molecule has 4 amide bonds. The molecule has 32 heavy (non-hydrogen) atoms. The van der Waals surface area contributed by atoms with E-state index in [1.165, 1.54) is 12.1 Å². The Morgan fingerprint density at radius 2 is 1.81 bits per heavy atom. The zero-order valence-corrected chi connectivity index (χ0v) is 17.2. The second-order valence-electron chi connectivity index (χ2n) is 7.47. The molecular weight excluding hydrogens is 413 g/mol. The number of furan rings is 1. The molecule has 0 aliphatic carbocycles. The Balaban J connectivity index is 1.34. The minimum absolute atomic E-state index is 0.157. The molecule has 2 atom stereocenters. The van der Waals surface area contributed by atoms with Gasteiger partial charge in [-0.25, -0.2) is 14.1 Å². The van der Waals surface area contributed by atoms with Crippen LogP contribution in [-0.4, -0.2) is 30.4 Å². The summed E-state index contributed by atoms with van der Waals surface area (Å²) in [5.41, 5.74) is 1.32. The molecule has 0 bridgehead atoms. The highest BCUT2D eigenvalue weighted by Gasteiger charge is 2.39. The number of benzene rings is 2. The van der Waals surface area contributed by atoms with Crippen molar-refractivity contribution in [3.05, 3.63) is 90.1 Å². The summed E-state index contributed by atoms with van der Waals surface area (Å²) in [4.78, 5) is 38.3. The highest BCUT2D eigenvalue weighted by molar-refractivity contribution is 6.22. The van der Waals surface area contributed by atoms with Gasteiger partial charge in [-0.15, -0.1) is 0 Å². The van der Waals surface area contributed by atoms with Crippen molar-refractivity contribution in [3.8, 4) is 0 Å². The second kappa shape index (κ2) is 9.47. The molecule has 2 aromatic carbocycles. The van der Waals surface area contributed by atoms with Crippen molar-refractivity contribution >= 4 is 23.5 Å². The number of amides is 4. The van der Waals surface area contributed by atoms with Gasteiger partial charge in [0.2, 0.25) is 5.91 Å². The quantitative estimate of drug-likeness (QED) is 0.529. The molecule has 1 fully saturated rings. The lowest BCUT2D eigenvalue weighted by Crippen LogP contribution is -2.37. The number of para-hydroxylation sites is 1. The zero-order valence-electron chi connectivity index (χ0n) is 17.2. The first-order chi connectivity index (χ1) is 15.5. The number of anilines is 1. The van der Waals surface area contributed by atoms with Crippen molar-refractivity contribution in [2.24, 2.45) is 0 Å². The topological polar surface area (TPSA) is 91.7 Å². The van der Waals surface area contributed by atoms with E-state index in [-0.39, 0.29) is 24.1 Å². The van der Waals surface area contributed by atoms with Gasteiger partial charge in [0.05, 0.1) is 18.4 Å². The highest BCUT2D eigenvalue weighted by Crippen LogP contribution is 2.28. The Hall–Kier alpha value is -3.94. The largest absolute Gasteiger partial charge is 0.469 e. The lowest BCUT2D eigenvalue weighted by molar-refractivity contribution is -0.125. The molecule has 4 rings (SSSR count). The Kier molecular flexibility index (Phi) is 6.30. The number of rotatable bonds is 8. The normalized spacial score (nSPS) is 16.7. The predicted molar refractivity (Wildman–Crippen MR) is 115 cm³/mol. The SMILES string of the molecule is O=C(C[C@@H]1NC(=O)N(c2ccccc2)C1=O)NCCC(c1ccc(F)cc1)c1ccco1. The molecule has 164 valence electrons.